The number of amides is 2. The Morgan fingerprint density at radius 3 is 2.22 bits per heavy atom. The molecule has 3 unspecified atom stereocenters. The van der Waals surface area contributed by atoms with Gasteiger partial charge < -0.3 is 29.6 Å². The zero-order valence-corrected chi connectivity index (χ0v) is 23.2. The zero-order valence-electron chi connectivity index (χ0n) is 21.4. The van der Waals surface area contributed by atoms with Crippen molar-refractivity contribution in [2.45, 2.75) is 50.7 Å². The molecule has 0 saturated carbocycles. The Morgan fingerprint density at radius 1 is 1.12 bits per heavy atom. The highest BCUT2D eigenvalue weighted by Gasteiger charge is 2.44. The smallest absolute Gasteiger partial charge is 0.481 e. The molecule has 230 valence electrons. The Morgan fingerprint density at radius 2 is 1.71 bits per heavy atom. The fourth-order valence-corrected chi connectivity index (χ4v) is 5.22. The molecule has 0 aliphatic carbocycles. The van der Waals surface area contributed by atoms with Crippen LogP contribution < -0.4 is 0 Å². The summed E-state index contributed by atoms with van der Waals surface area (Å²) in [7, 11) is -10.8. The van der Waals surface area contributed by atoms with Gasteiger partial charge in [-0.15, -0.1) is 0 Å². The Labute approximate surface area is 230 Å². The highest BCUT2D eigenvalue weighted by atomic mass is 31.3. The molecule has 0 bridgehead atoms. The van der Waals surface area contributed by atoms with Gasteiger partial charge in [0.1, 0.15) is 18.3 Å². The highest BCUT2D eigenvalue weighted by molar-refractivity contribution is 7.60. The second-order valence-corrected chi connectivity index (χ2v) is 11.6. The molecule has 1 aliphatic heterocycles. The molecule has 1 aromatic rings. The summed E-state index contributed by atoms with van der Waals surface area (Å²) >= 11 is 0. The lowest BCUT2D eigenvalue weighted by molar-refractivity contribution is -0.151. The number of phosphoric ester groups is 1. The van der Waals surface area contributed by atoms with E-state index in [2.05, 4.69) is 8.83 Å². The summed E-state index contributed by atoms with van der Waals surface area (Å²) in [5.41, 5.74) is -4.23. The van der Waals surface area contributed by atoms with Crippen LogP contribution in [0.4, 0.5) is 17.6 Å². The SMILES string of the molecule is C/C=C(\C(=O)N(CC(C)(F)c1ccccc1)C(=O)CC[C@@H]1OC(COP(=O)(O)OP(=O)(O)O)=C(O)C1O)C(F)(F)F. The van der Waals surface area contributed by atoms with Crippen molar-refractivity contribution in [3.8, 4) is 0 Å². The molecule has 41 heavy (non-hydrogen) atoms. The van der Waals surface area contributed by atoms with Crippen LogP contribution in [0.3, 0.4) is 0 Å². The summed E-state index contributed by atoms with van der Waals surface area (Å²) in [6, 6.07) is 7.06. The average molecular weight is 635 g/mol. The summed E-state index contributed by atoms with van der Waals surface area (Å²) in [6.45, 7) is -0.373. The van der Waals surface area contributed by atoms with Gasteiger partial charge in [0.05, 0.1) is 6.54 Å². The van der Waals surface area contributed by atoms with Gasteiger partial charge in [-0.05, 0) is 25.8 Å². The van der Waals surface area contributed by atoms with Gasteiger partial charge in [0.15, 0.2) is 23.3 Å². The highest BCUT2D eigenvalue weighted by Crippen LogP contribution is 2.57. The van der Waals surface area contributed by atoms with Crippen LogP contribution in [0.2, 0.25) is 0 Å². The van der Waals surface area contributed by atoms with E-state index in [1.165, 1.54) is 24.3 Å². The van der Waals surface area contributed by atoms with Gasteiger partial charge in [-0.1, -0.05) is 36.4 Å². The molecule has 13 nitrogen and oxygen atoms in total. The van der Waals surface area contributed by atoms with Crippen LogP contribution in [0.15, 0.2) is 53.5 Å². The van der Waals surface area contributed by atoms with E-state index < -0.39 is 94.6 Å². The van der Waals surface area contributed by atoms with Crippen molar-refractivity contribution in [1.82, 2.24) is 4.90 Å². The molecule has 0 radical (unpaired) electrons. The van der Waals surface area contributed by atoms with Crippen LogP contribution in [0.1, 0.15) is 32.3 Å². The number of nitrogens with zero attached hydrogens (tertiary/aromatic N) is 1. The number of benzene rings is 1. The van der Waals surface area contributed by atoms with E-state index in [0.29, 0.717) is 6.08 Å². The lowest BCUT2D eigenvalue weighted by Gasteiger charge is -2.30. The predicted molar refractivity (Wildman–Crippen MR) is 130 cm³/mol. The number of carbonyl (C=O) groups is 2. The zero-order chi connectivity index (χ0) is 31.4. The minimum Gasteiger partial charge on any atom is -0.506 e. The van der Waals surface area contributed by atoms with Crippen molar-refractivity contribution in [2.75, 3.05) is 13.2 Å². The topological polar surface area (TPSA) is 200 Å². The molecule has 5 N–H and O–H groups in total. The van der Waals surface area contributed by atoms with Gasteiger partial charge in [-0.25, -0.2) is 13.5 Å². The molecule has 2 rings (SSSR count). The average Bonchev–Trinajstić information content (AvgIpc) is 3.11. The van der Waals surface area contributed by atoms with Crippen LogP contribution in [-0.2, 0) is 38.0 Å². The molecule has 4 atom stereocenters. The number of rotatable bonds is 12. The molecule has 0 fully saturated rings. The number of ether oxygens (including phenoxy) is 1. The van der Waals surface area contributed by atoms with Crippen LogP contribution in [0.5, 0.6) is 0 Å². The number of aliphatic hydroxyl groups excluding tert-OH is 2. The van der Waals surface area contributed by atoms with Gasteiger partial charge in [0, 0.05) is 6.42 Å². The number of carbonyl (C=O) groups excluding carboxylic acids is 2. The molecule has 1 aliphatic rings. The van der Waals surface area contributed by atoms with E-state index in [9.17, 15) is 47.0 Å². The van der Waals surface area contributed by atoms with Crippen molar-refractivity contribution in [3.63, 3.8) is 0 Å². The second kappa shape index (κ2) is 13.1. The first-order valence-electron chi connectivity index (χ1n) is 11.5. The number of hydrogen-bond donors (Lipinski definition) is 5. The van der Waals surface area contributed by atoms with Crippen LogP contribution in [-0.4, -0.2) is 73.1 Å². The molecule has 2 amide bonds. The molecule has 0 spiro atoms. The normalized spacial score (nSPS) is 21.2. The summed E-state index contributed by atoms with van der Waals surface area (Å²) in [5, 5.41) is 20.2. The maximum absolute atomic E-state index is 15.6. The molecule has 1 aromatic carbocycles. The van der Waals surface area contributed by atoms with Gasteiger partial charge >= 0.3 is 21.8 Å². The quantitative estimate of drug-likeness (QED) is 0.128. The van der Waals surface area contributed by atoms with E-state index in [1.54, 1.807) is 6.07 Å². The number of aliphatic hydroxyl groups is 2. The minimum absolute atomic E-state index is 0.0307. The van der Waals surface area contributed by atoms with Crippen LogP contribution in [0.25, 0.3) is 0 Å². The maximum atomic E-state index is 15.6. The minimum atomic E-state index is -5.46. The van der Waals surface area contributed by atoms with Crippen molar-refractivity contribution in [3.05, 3.63) is 59.1 Å². The Kier molecular flexibility index (Phi) is 11.1. The summed E-state index contributed by atoms with van der Waals surface area (Å²) in [4.78, 5) is 52.4. The third-order valence-corrected chi connectivity index (χ3v) is 7.76. The first-order chi connectivity index (χ1) is 18.7. The largest absolute Gasteiger partial charge is 0.506 e. The number of allylic oxidation sites excluding steroid dienone is 1. The van der Waals surface area contributed by atoms with Crippen LogP contribution in [0, 0.1) is 0 Å². The van der Waals surface area contributed by atoms with E-state index in [4.69, 9.17) is 14.5 Å². The van der Waals surface area contributed by atoms with Crippen molar-refractivity contribution in [2.24, 2.45) is 0 Å². The predicted octanol–water partition coefficient (Wildman–Crippen LogP) is 3.27. The first-order valence-corrected chi connectivity index (χ1v) is 14.5. The Balaban J connectivity index is 2.19. The number of hydrogen-bond acceptors (Lipinski definition) is 9. The fraction of sp³-hybridized carbons (Fsp3) is 0.455. The molecule has 0 aromatic heterocycles. The van der Waals surface area contributed by atoms with Gasteiger partial charge in [0.2, 0.25) is 5.91 Å². The maximum Gasteiger partial charge on any atom is 0.481 e. The summed E-state index contributed by atoms with van der Waals surface area (Å²) < 4.78 is 91.2. The standard InChI is InChI=1S/C22H27F4NO12P2/c1-3-14(22(24,25)26)20(31)27(12-21(2,23)13-7-5-4-6-8-13)17(28)10-9-15-18(29)19(30)16(38-15)11-37-41(35,36)39-40(32,33)34/h3-8,15,18,29-30H,9-12H2,1-2H3,(H,35,36)(H2,32,33,34)/b14-3+/t15-,18?,21?/m0/s1. The number of imide groups is 1. The molecular weight excluding hydrogens is 608 g/mol. The van der Waals surface area contributed by atoms with Gasteiger partial charge in [0.25, 0.3) is 5.91 Å². The van der Waals surface area contributed by atoms with E-state index in [0.717, 1.165) is 13.8 Å². The second-order valence-electron chi connectivity index (χ2n) is 8.81. The third-order valence-electron chi connectivity index (χ3n) is 5.62. The molecule has 19 heteroatoms. The molecule has 0 saturated heterocycles. The Hall–Kier alpha value is -2.62. The van der Waals surface area contributed by atoms with E-state index in [1.807, 2.05) is 0 Å². The molecule has 1 heterocycles. The lowest BCUT2D eigenvalue weighted by Crippen LogP contribution is -2.46. The van der Waals surface area contributed by atoms with Crippen molar-refractivity contribution < 1.29 is 74.7 Å². The summed E-state index contributed by atoms with van der Waals surface area (Å²) in [6.07, 6.45) is -9.48. The third kappa shape index (κ3) is 9.72. The Bertz CT molecular complexity index is 1280. The van der Waals surface area contributed by atoms with Crippen molar-refractivity contribution in [1.29, 1.82) is 0 Å². The number of phosphoric acid groups is 2. The molecular formula is C22H27F4NO12P2. The fourth-order valence-electron chi connectivity index (χ4n) is 3.67. The van der Waals surface area contributed by atoms with Crippen LogP contribution >= 0.6 is 15.6 Å². The summed E-state index contributed by atoms with van der Waals surface area (Å²) in [5.74, 6) is -4.76. The van der Waals surface area contributed by atoms with E-state index >= 15 is 4.39 Å². The number of halogens is 4. The van der Waals surface area contributed by atoms with E-state index in [-0.39, 0.29) is 10.5 Å². The van der Waals surface area contributed by atoms with Crippen molar-refractivity contribution >= 4 is 27.5 Å². The lowest BCUT2D eigenvalue weighted by atomic mass is 9.96. The van der Waals surface area contributed by atoms with Gasteiger partial charge in [-0.2, -0.15) is 17.5 Å². The first kappa shape index (κ1) is 34.6. The monoisotopic (exact) mass is 635 g/mol. The number of alkyl halides is 4. The van der Waals surface area contributed by atoms with Gasteiger partial charge in [-0.3, -0.25) is 19.0 Å².